The minimum absolute atomic E-state index is 0.888. The first-order chi connectivity index (χ1) is 12.8. The third-order valence-corrected chi connectivity index (χ3v) is 5.33. The van der Waals surface area contributed by atoms with Gasteiger partial charge in [0.15, 0.2) is 6.54 Å². The van der Waals surface area contributed by atoms with Gasteiger partial charge < -0.3 is 4.74 Å². The number of rotatable bonds is 2. The smallest absolute Gasteiger partial charge is 0.221 e. The molecule has 0 fully saturated rings. The predicted molar refractivity (Wildman–Crippen MR) is 105 cm³/mol. The molecule has 1 aromatic heterocycles. The summed E-state index contributed by atoms with van der Waals surface area (Å²) in [5.41, 5.74) is 6.60. The number of hydrogen-bond donors (Lipinski definition) is 0. The molecule has 126 valence electrons. The van der Waals surface area contributed by atoms with Crippen molar-refractivity contribution in [3.63, 3.8) is 0 Å². The zero-order chi connectivity index (χ0) is 17.5. The van der Waals surface area contributed by atoms with Crippen molar-refractivity contribution in [3.05, 3.63) is 84.4 Å². The molecule has 0 saturated carbocycles. The standard InChI is InChI=1S/C24H20NO/c1-26-20-12-10-18(11-13-20)23-16-19-7-3-5-9-22(19)24-21-8-4-2-6-17(21)14-15-25(23)24/h2-13,16H,14-15H2,1H3/q+1. The van der Waals surface area contributed by atoms with Gasteiger partial charge in [0.1, 0.15) is 5.75 Å². The Bertz CT molecular complexity index is 1110. The van der Waals surface area contributed by atoms with Gasteiger partial charge in [-0.05, 0) is 47.3 Å². The van der Waals surface area contributed by atoms with Gasteiger partial charge in [-0.3, -0.25) is 0 Å². The molecule has 5 rings (SSSR count). The lowest BCUT2D eigenvalue weighted by molar-refractivity contribution is -0.675. The van der Waals surface area contributed by atoms with E-state index in [1.54, 1.807) is 7.11 Å². The average Bonchev–Trinajstić information content (AvgIpc) is 2.73. The van der Waals surface area contributed by atoms with Gasteiger partial charge in [0.05, 0.1) is 18.1 Å². The number of hydrogen-bond acceptors (Lipinski definition) is 1. The van der Waals surface area contributed by atoms with Crippen LogP contribution >= 0.6 is 0 Å². The zero-order valence-electron chi connectivity index (χ0n) is 14.8. The lowest BCUT2D eigenvalue weighted by Gasteiger charge is -2.19. The highest BCUT2D eigenvalue weighted by Crippen LogP contribution is 2.34. The molecule has 3 aromatic carbocycles. The van der Waals surface area contributed by atoms with Crippen LogP contribution in [0.3, 0.4) is 0 Å². The maximum Gasteiger partial charge on any atom is 0.221 e. The molecule has 0 spiro atoms. The van der Waals surface area contributed by atoms with E-state index < -0.39 is 0 Å². The first kappa shape index (κ1) is 15.2. The van der Waals surface area contributed by atoms with E-state index in [4.69, 9.17) is 4.74 Å². The Balaban J connectivity index is 1.84. The fraction of sp³-hybridized carbons (Fsp3) is 0.125. The molecule has 2 nitrogen and oxygen atoms in total. The minimum Gasteiger partial charge on any atom is -0.497 e. The highest BCUT2D eigenvalue weighted by atomic mass is 16.5. The molecule has 0 bridgehead atoms. The topological polar surface area (TPSA) is 13.1 Å². The molecular weight excluding hydrogens is 318 g/mol. The average molecular weight is 338 g/mol. The van der Waals surface area contributed by atoms with E-state index in [2.05, 4.69) is 71.3 Å². The molecule has 0 aliphatic carbocycles. The highest BCUT2D eigenvalue weighted by Gasteiger charge is 2.29. The highest BCUT2D eigenvalue weighted by molar-refractivity contribution is 5.95. The number of aryl methyl sites for hydroxylation is 1. The number of aromatic nitrogens is 1. The van der Waals surface area contributed by atoms with Crippen molar-refractivity contribution < 1.29 is 9.30 Å². The van der Waals surface area contributed by atoms with Gasteiger partial charge >= 0.3 is 0 Å². The third-order valence-electron chi connectivity index (χ3n) is 5.33. The van der Waals surface area contributed by atoms with Gasteiger partial charge in [0.25, 0.3) is 0 Å². The summed E-state index contributed by atoms with van der Waals surface area (Å²) in [6, 6.07) is 28.2. The molecule has 0 N–H and O–H groups in total. The van der Waals surface area contributed by atoms with Crippen molar-refractivity contribution in [1.82, 2.24) is 0 Å². The Morgan fingerprint density at radius 1 is 0.846 bits per heavy atom. The molecule has 0 radical (unpaired) electrons. The maximum absolute atomic E-state index is 5.33. The second kappa shape index (κ2) is 5.99. The van der Waals surface area contributed by atoms with Crippen LogP contribution in [0.2, 0.25) is 0 Å². The molecule has 1 aliphatic rings. The SMILES string of the molecule is COc1ccc(-c2cc3ccccc3c3[n+]2CCc2ccccc2-3)cc1. The molecular formula is C24H20NO+. The summed E-state index contributed by atoms with van der Waals surface area (Å²) >= 11 is 0. The zero-order valence-corrected chi connectivity index (χ0v) is 14.8. The number of ether oxygens (including phenoxy) is 1. The molecule has 1 aliphatic heterocycles. The molecule has 0 saturated heterocycles. The van der Waals surface area contributed by atoms with Crippen molar-refractivity contribution in [1.29, 1.82) is 0 Å². The number of fused-ring (bicyclic) bond motifs is 5. The number of benzene rings is 3. The van der Waals surface area contributed by atoms with Crippen LogP contribution in [0.5, 0.6) is 5.75 Å². The van der Waals surface area contributed by atoms with Gasteiger partial charge in [-0.25, -0.2) is 0 Å². The summed E-state index contributed by atoms with van der Waals surface area (Å²) in [7, 11) is 1.71. The second-order valence-corrected chi connectivity index (χ2v) is 6.75. The van der Waals surface area contributed by atoms with Crippen LogP contribution in [-0.4, -0.2) is 7.11 Å². The van der Waals surface area contributed by atoms with E-state index in [1.165, 1.54) is 38.9 Å². The molecule has 0 unspecified atom stereocenters. The van der Waals surface area contributed by atoms with Crippen molar-refractivity contribution in [2.45, 2.75) is 13.0 Å². The van der Waals surface area contributed by atoms with Crippen molar-refractivity contribution in [2.75, 3.05) is 7.11 Å². The van der Waals surface area contributed by atoms with Crippen LogP contribution < -0.4 is 9.30 Å². The lowest BCUT2D eigenvalue weighted by Crippen LogP contribution is -2.42. The van der Waals surface area contributed by atoms with Gasteiger partial charge in [-0.1, -0.05) is 36.4 Å². The fourth-order valence-corrected chi connectivity index (χ4v) is 4.05. The van der Waals surface area contributed by atoms with E-state index >= 15 is 0 Å². The van der Waals surface area contributed by atoms with E-state index in [9.17, 15) is 0 Å². The summed E-state index contributed by atoms with van der Waals surface area (Å²) in [5.74, 6) is 0.888. The van der Waals surface area contributed by atoms with Crippen LogP contribution in [0.4, 0.5) is 0 Å². The predicted octanol–water partition coefficient (Wildman–Crippen LogP) is 5.03. The number of nitrogens with zero attached hydrogens (tertiary/aromatic N) is 1. The van der Waals surface area contributed by atoms with Gasteiger partial charge in [-0.2, -0.15) is 4.57 Å². The molecule has 0 amide bonds. The first-order valence-electron chi connectivity index (χ1n) is 9.03. The van der Waals surface area contributed by atoms with Gasteiger partial charge in [0, 0.05) is 18.1 Å². The maximum atomic E-state index is 5.33. The van der Waals surface area contributed by atoms with Gasteiger partial charge in [0.2, 0.25) is 11.4 Å². The Morgan fingerprint density at radius 3 is 2.46 bits per heavy atom. The first-order valence-corrected chi connectivity index (χ1v) is 9.03. The van der Waals surface area contributed by atoms with E-state index in [0.29, 0.717) is 0 Å². The van der Waals surface area contributed by atoms with Crippen LogP contribution in [-0.2, 0) is 13.0 Å². The molecule has 4 aromatic rings. The van der Waals surface area contributed by atoms with Crippen molar-refractivity contribution in [2.24, 2.45) is 0 Å². The normalized spacial score (nSPS) is 12.5. The summed E-state index contributed by atoms with van der Waals surface area (Å²) in [6.45, 7) is 0.999. The summed E-state index contributed by atoms with van der Waals surface area (Å²) in [5, 5.41) is 2.60. The Kier molecular flexibility index (Phi) is 3.49. The Labute approximate surface area is 153 Å². The summed E-state index contributed by atoms with van der Waals surface area (Å²) < 4.78 is 7.81. The van der Waals surface area contributed by atoms with E-state index in [-0.39, 0.29) is 0 Å². The number of pyridine rings is 1. The van der Waals surface area contributed by atoms with Crippen LogP contribution in [0.15, 0.2) is 78.9 Å². The minimum atomic E-state index is 0.888. The van der Waals surface area contributed by atoms with Crippen molar-refractivity contribution in [3.8, 4) is 28.3 Å². The molecule has 2 heterocycles. The molecule has 2 heteroatoms. The van der Waals surface area contributed by atoms with E-state index in [0.717, 1.165) is 18.7 Å². The van der Waals surface area contributed by atoms with Crippen LogP contribution in [0.25, 0.3) is 33.3 Å². The van der Waals surface area contributed by atoms with Gasteiger partial charge in [-0.15, -0.1) is 0 Å². The third kappa shape index (κ3) is 2.30. The Hall–Kier alpha value is -3.13. The molecule has 0 atom stereocenters. The van der Waals surface area contributed by atoms with Crippen LogP contribution in [0.1, 0.15) is 5.56 Å². The Morgan fingerprint density at radius 2 is 1.62 bits per heavy atom. The number of methoxy groups -OCH3 is 1. The quantitative estimate of drug-likeness (QED) is 0.467. The lowest BCUT2D eigenvalue weighted by atomic mass is 9.92. The largest absolute Gasteiger partial charge is 0.497 e. The molecule has 26 heavy (non-hydrogen) atoms. The van der Waals surface area contributed by atoms with Crippen molar-refractivity contribution >= 4 is 10.8 Å². The summed E-state index contributed by atoms with van der Waals surface area (Å²) in [4.78, 5) is 0. The fourth-order valence-electron chi connectivity index (χ4n) is 4.05. The second-order valence-electron chi connectivity index (χ2n) is 6.75. The summed E-state index contributed by atoms with van der Waals surface area (Å²) in [6.07, 6.45) is 1.06. The van der Waals surface area contributed by atoms with Crippen LogP contribution in [0, 0.1) is 0 Å². The monoisotopic (exact) mass is 338 g/mol. The van der Waals surface area contributed by atoms with E-state index in [1.807, 2.05) is 12.1 Å².